The van der Waals surface area contributed by atoms with Crippen LogP contribution in [0.15, 0.2) is 51.4 Å². The molecule has 0 aliphatic carbocycles. The third kappa shape index (κ3) is 3.81. The van der Waals surface area contributed by atoms with Gasteiger partial charge in [-0.2, -0.15) is 0 Å². The summed E-state index contributed by atoms with van der Waals surface area (Å²) < 4.78 is 6.83. The molecule has 0 radical (unpaired) electrons. The number of hydrogen-bond donors (Lipinski definition) is 1. The van der Waals surface area contributed by atoms with Crippen molar-refractivity contribution in [1.29, 1.82) is 0 Å². The number of ether oxygens (including phenoxy) is 1. The predicted octanol–water partition coefficient (Wildman–Crippen LogP) is 4.27. The molecular formula is C14H10Br2O3. The van der Waals surface area contributed by atoms with Crippen LogP contribution in [0.25, 0.3) is 0 Å². The van der Waals surface area contributed by atoms with Crippen LogP contribution in [-0.2, 0) is 11.3 Å². The highest BCUT2D eigenvalue weighted by Crippen LogP contribution is 2.23. The van der Waals surface area contributed by atoms with E-state index in [1.54, 1.807) is 6.07 Å². The molecule has 0 bridgehead atoms. The number of esters is 1. The molecule has 2 aromatic carbocycles. The molecule has 2 rings (SSSR count). The summed E-state index contributed by atoms with van der Waals surface area (Å²) in [6.45, 7) is 0.165. The maximum Gasteiger partial charge on any atom is 0.342 e. The maximum absolute atomic E-state index is 11.8. The fraction of sp³-hybridized carbons (Fsp3) is 0.0714. The van der Waals surface area contributed by atoms with E-state index in [2.05, 4.69) is 31.9 Å². The Morgan fingerprint density at radius 1 is 1.05 bits per heavy atom. The van der Waals surface area contributed by atoms with Crippen LogP contribution in [0.4, 0.5) is 0 Å². The highest BCUT2D eigenvalue weighted by Gasteiger charge is 2.13. The lowest BCUT2D eigenvalue weighted by atomic mass is 10.2. The number of carbonyl (C=O) groups is 1. The summed E-state index contributed by atoms with van der Waals surface area (Å²) in [5.41, 5.74) is 1.03. The van der Waals surface area contributed by atoms with Gasteiger partial charge < -0.3 is 9.84 Å². The number of aromatic hydroxyl groups is 1. The highest BCUT2D eigenvalue weighted by atomic mass is 79.9. The van der Waals surface area contributed by atoms with Crippen molar-refractivity contribution in [2.24, 2.45) is 0 Å². The lowest BCUT2D eigenvalue weighted by molar-refractivity contribution is 0.0469. The Labute approximate surface area is 127 Å². The third-order valence-corrected chi connectivity index (χ3v) is 3.48. The quantitative estimate of drug-likeness (QED) is 0.802. The molecule has 0 saturated carbocycles. The third-order valence-electron chi connectivity index (χ3n) is 2.46. The predicted molar refractivity (Wildman–Crippen MR) is 79.1 cm³/mol. The van der Waals surface area contributed by atoms with Crippen LogP contribution in [-0.4, -0.2) is 11.1 Å². The second kappa shape index (κ2) is 6.21. The van der Waals surface area contributed by atoms with Gasteiger partial charge in [0.25, 0.3) is 0 Å². The molecule has 0 amide bonds. The van der Waals surface area contributed by atoms with Gasteiger partial charge in [0.05, 0.1) is 0 Å². The Kier molecular flexibility index (Phi) is 4.61. The molecule has 0 spiro atoms. The van der Waals surface area contributed by atoms with Crippen LogP contribution in [0.1, 0.15) is 15.9 Å². The van der Waals surface area contributed by atoms with Crippen molar-refractivity contribution < 1.29 is 14.6 Å². The molecule has 2 aromatic rings. The van der Waals surface area contributed by atoms with Crippen LogP contribution in [0, 0.1) is 0 Å². The van der Waals surface area contributed by atoms with E-state index in [0.717, 1.165) is 10.0 Å². The molecule has 0 saturated heterocycles. The summed E-state index contributed by atoms with van der Waals surface area (Å²) in [6.07, 6.45) is 0. The average molecular weight is 386 g/mol. The van der Waals surface area contributed by atoms with Crippen molar-refractivity contribution in [1.82, 2.24) is 0 Å². The molecule has 0 atom stereocenters. The SMILES string of the molecule is O=C(OCc1ccc(Br)cc1)c1cc(Br)ccc1O. The van der Waals surface area contributed by atoms with Gasteiger partial charge in [-0.15, -0.1) is 0 Å². The zero-order valence-corrected chi connectivity index (χ0v) is 12.9. The normalized spacial score (nSPS) is 10.2. The number of halogens is 2. The number of benzene rings is 2. The Hall–Kier alpha value is -1.33. The van der Waals surface area contributed by atoms with E-state index in [1.807, 2.05) is 24.3 Å². The summed E-state index contributed by atoms with van der Waals surface area (Å²) in [6, 6.07) is 12.1. The van der Waals surface area contributed by atoms with Gasteiger partial charge in [-0.3, -0.25) is 0 Å². The Balaban J connectivity index is 2.05. The van der Waals surface area contributed by atoms with E-state index in [-0.39, 0.29) is 17.9 Å². The monoisotopic (exact) mass is 384 g/mol. The van der Waals surface area contributed by atoms with E-state index in [9.17, 15) is 9.90 Å². The number of carbonyl (C=O) groups excluding carboxylic acids is 1. The molecule has 3 nitrogen and oxygen atoms in total. The molecule has 19 heavy (non-hydrogen) atoms. The minimum atomic E-state index is -0.554. The zero-order chi connectivity index (χ0) is 13.8. The molecule has 0 heterocycles. The second-order valence-corrected chi connectivity index (χ2v) is 5.70. The van der Waals surface area contributed by atoms with Crippen molar-refractivity contribution in [3.05, 3.63) is 62.5 Å². The van der Waals surface area contributed by atoms with Crippen LogP contribution < -0.4 is 0 Å². The molecule has 0 aromatic heterocycles. The molecule has 5 heteroatoms. The van der Waals surface area contributed by atoms with Crippen molar-refractivity contribution in [2.75, 3.05) is 0 Å². The van der Waals surface area contributed by atoms with Crippen LogP contribution in [0.3, 0.4) is 0 Å². The maximum atomic E-state index is 11.8. The molecule has 1 N–H and O–H groups in total. The van der Waals surface area contributed by atoms with Gasteiger partial charge in [0.2, 0.25) is 0 Å². The van der Waals surface area contributed by atoms with Crippen molar-refractivity contribution >= 4 is 37.8 Å². The minimum absolute atomic E-state index is 0.0935. The molecule has 0 unspecified atom stereocenters. The standard InChI is InChI=1S/C14H10Br2O3/c15-10-3-1-9(2-4-10)8-19-14(18)12-7-11(16)5-6-13(12)17/h1-7,17H,8H2. The van der Waals surface area contributed by atoms with Gasteiger partial charge in [-0.05, 0) is 35.9 Å². The first-order valence-electron chi connectivity index (χ1n) is 5.46. The van der Waals surface area contributed by atoms with Gasteiger partial charge in [-0.25, -0.2) is 4.79 Å². The van der Waals surface area contributed by atoms with E-state index in [0.29, 0.717) is 4.47 Å². The summed E-state index contributed by atoms with van der Waals surface area (Å²) in [7, 11) is 0. The van der Waals surface area contributed by atoms with Gasteiger partial charge in [0, 0.05) is 8.95 Å². The summed E-state index contributed by atoms with van der Waals surface area (Å²) in [5.74, 6) is -0.647. The van der Waals surface area contributed by atoms with Crippen LogP contribution >= 0.6 is 31.9 Å². The number of phenols is 1. The average Bonchev–Trinajstić information content (AvgIpc) is 2.40. The molecule has 0 aliphatic rings. The summed E-state index contributed by atoms with van der Waals surface area (Å²) in [5, 5.41) is 9.61. The summed E-state index contributed by atoms with van der Waals surface area (Å²) >= 11 is 6.58. The van der Waals surface area contributed by atoms with Gasteiger partial charge >= 0.3 is 5.97 Å². The van der Waals surface area contributed by atoms with Crippen molar-refractivity contribution in [3.8, 4) is 5.75 Å². The first-order chi connectivity index (χ1) is 9.06. The van der Waals surface area contributed by atoms with Crippen molar-refractivity contribution in [3.63, 3.8) is 0 Å². The topological polar surface area (TPSA) is 46.5 Å². The number of rotatable bonds is 3. The van der Waals surface area contributed by atoms with E-state index >= 15 is 0 Å². The van der Waals surface area contributed by atoms with E-state index in [4.69, 9.17) is 4.74 Å². The summed E-state index contributed by atoms with van der Waals surface area (Å²) in [4.78, 5) is 11.8. The lowest BCUT2D eigenvalue weighted by Crippen LogP contribution is -2.05. The fourth-order valence-corrected chi connectivity index (χ4v) is 2.10. The molecular weight excluding hydrogens is 376 g/mol. The van der Waals surface area contributed by atoms with Crippen LogP contribution in [0.5, 0.6) is 5.75 Å². The number of phenolic OH excluding ortho intramolecular Hbond substituents is 1. The van der Waals surface area contributed by atoms with Gasteiger partial charge in [-0.1, -0.05) is 44.0 Å². The van der Waals surface area contributed by atoms with Gasteiger partial charge in [0.1, 0.15) is 17.9 Å². The zero-order valence-electron chi connectivity index (χ0n) is 9.77. The van der Waals surface area contributed by atoms with Crippen LogP contribution in [0.2, 0.25) is 0 Å². The van der Waals surface area contributed by atoms with E-state index in [1.165, 1.54) is 12.1 Å². The van der Waals surface area contributed by atoms with E-state index < -0.39 is 5.97 Å². The molecule has 98 valence electrons. The highest BCUT2D eigenvalue weighted by molar-refractivity contribution is 9.10. The smallest absolute Gasteiger partial charge is 0.342 e. The fourth-order valence-electron chi connectivity index (χ4n) is 1.48. The van der Waals surface area contributed by atoms with Crippen molar-refractivity contribution in [2.45, 2.75) is 6.61 Å². The molecule has 0 fully saturated rings. The first-order valence-corrected chi connectivity index (χ1v) is 7.05. The second-order valence-electron chi connectivity index (χ2n) is 3.86. The first kappa shape index (κ1) is 14.1. The largest absolute Gasteiger partial charge is 0.507 e. The lowest BCUT2D eigenvalue weighted by Gasteiger charge is -2.07. The number of hydrogen-bond acceptors (Lipinski definition) is 3. The Morgan fingerprint density at radius 3 is 2.37 bits per heavy atom. The Bertz CT molecular complexity index is 594. The Morgan fingerprint density at radius 2 is 1.68 bits per heavy atom. The minimum Gasteiger partial charge on any atom is -0.507 e. The molecule has 0 aliphatic heterocycles. The van der Waals surface area contributed by atoms with Gasteiger partial charge in [0.15, 0.2) is 0 Å².